The average molecular weight is 216 g/mol. The van der Waals surface area contributed by atoms with Gasteiger partial charge in [0.1, 0.15) is 0 Å². The minimum absolute atomic E-state index is 0.340. The Morgan fingerprint density at radius 3 is 2.40 bits per heavy atom. The number of ether oxygens (including phenoxy) is 2. The molecule has 0 rings (SSSR count). The first kappa shape index (κ1) is 13.9. The molecule has 0 saturated carbocycles. The van der Waals surface area contributed by atoms with Crippen molar-refractivity contribution >= 4 is 11.9 Å². The van der Waals surface area contributed by atoms with Crippen LogP contribution in [0.4, 0.5) is 0 Å². The molecule has 15 heavy (non-hydrogen) atoms. The van der Waals surface area contributed by atoms with E-state index in [9.17, 15) is 9.59 Å². The van der Waals surface area contributed by atoms with Gasteiger partial charge in [0.15, 0.2) is 6.10 Å². The highest BCUT2D eigenvalue weighted by Gasteiger charge is 2.18. The Morgan fingerprint density at radius 2 is 1.87 bits per heavy atom. The van der Waals surface area contributed by atoms with E-state index in [0.717, 1.165) is 19.3 Å². The van der Waals surface area contributed by atoms with Gasteiger partial charge in [0, 0.05) is 6.42 Å². The van der Waals surface area contributed by atoms with Crippen LogP contribution in [0.25, 0.3) is 0 Å². The number of hydrogen-bond donors (Lipinski definition) is 0. The van der Waals surface area contributed by atoms with E-state index in [0.29, 0.717) is 13.0 Å². The third-order valence-electron chi connectivity index (χ3n) is 1.84. The lowest BCUT2D eigenvalue weighted by molar-refractivity contribution is -0.166. The maximum Gasteiger partial charge on any atom is 0.347 e. The topological polar surface area (TPSA) is 52.6 Å². The minimum atomic E-state index is -0.791. The van der Waals surface area contributed by atoms with Crippen LogP contribution in [-0.4, -0.2) is 24.6 Å². The molecule has 0 aromatic heterocycles. The molecule has 0 aromatic carbocycles. The second kappa shape index (κ2) is 8.26. The van der Waals surface area contributed by atoms with Crippen LogP contribution in [0.3, 0.4) is 0 Å². The van der Waals surface area contributed by atoms with Gasteiger partial charge in [0.2, 0.25) is 0 Å². The summed E-state index contributed by atoms with van der Waals surface area (Å²) in [4.78, 5) is 22.3. The van der Waals surface area contributed by atoms with Crippen molar-refractivity contribution < 1.29 is 19.1 Å². The summed E-state index contributed by atoms with van der Waals surface area (Å²) in [6.07, 6.45) is 2.07. The van der Waals surface area contributed by atoms with E-state index >= 15 is 0 Å². The molecule has 0 aliphatic carbocycles. The largest absolute Gasteiger partial charge is 0.463 e. The van der Waals surface area contributed by atoms with Gasteiger partial charge in [-0.15, -0.1) is 0 Å². The van der Waals surface area contributed by atoms with Crippen LogP contribution >= 0.6 is 0 Å². The van der Waals surface area contributed by atoms with Crippen LogP contribution in [0.15, 0.2) is 0 Å². The van der Waals surface area contributed by atoms with Crippen molar-refractivity contribution in [3.63, 3.8) is 0 Å². The molecule has 0 N–H and O–H groups in total. The number of carbonyl (C=O) groups is 2. The van der Waals surface area contributed by atoms with Crippen LogP contribution in [0.5, 0.6) is 0 Å². The summed E-state index contributed by atoms with van der Waals surface area (Å²) in [5, 5.41) is 0. The van der Waals surface area contributed by atoms with Crippen LogP contribution in [0.1, 0.15) is 46.5 Å². The predicted molar refractivity (Wildman–Crippen MR) is 56.3 cm³/mol. The fourth-order valence-corrected chi connectivity index (χ4v) is 0.943. The number of unbranched alkanes of at least 4 members (excludes halogenated alkanes) is 1. The number of esters is 2. The lowest BCUT2D eigenvalue weighted by atomic mass is 10.3. The van der Waals surface area contributed by atoms with E-state index in [1.165, 1.54) is 6.92 Å². The van der Waals surface area contributed by atoms with Crippen molar-refractivity contribution in [2.75, 3.05) is 6.61 Å². The molecule has 0 aliphatic heterocycles. The van der Waals surface area contributed by atoms with Gasteiger partial charge in [-0.2, -0.15) is 0 Å². The molecular weight excluding hydrogens is 196 g/mol. The maximum atomic E-state index is 11.3. The molecule has 0 heterocycles. The summed E-state index contributed by atoms with van der Waals surface area (Å²) < 4.78 is 9.78. The fourth-order valence-electron chi connectivity index (χ4n) is 0.943. The van der Waals surface area contributed by atoms with Gasteiger partial charge in [-0.1, -0.05) is 20.3 Å². The Morgan fingerprint density at radius 1 is 1.20 bits per heavy atom. The predicted octanol–water partition coefficient (Wildman–Crippen LogP) is 2.06. The molecule has 0 amide bonds. The van der Waals surface area contributed by atoms with Crippen LogP contribution in [-0.2, 0) is 19.1 Å². The van der Waals surface area contributed by atoms with E-state index < -0.39 is 12.1 Å². The standard InChI is InChI=1S/C11H20O4/c1-4-6-8-14-11(13)9(3)15-10(12)7-5-2/h9H,4-8H2,1-3H3/t9-/m1/s1. The lowest BCUT2D eigenvalue weighted by Crippen LogP contribution is -2.26. The molecule has 0 spiro atoms. The van der Waals surface area contributed by atoms with Gasteiger partial charge in [-0.3, -0.25) is 4.79 Å². The van der Waals surface area contributed by atoms with Crippen LogP contribution in [0.2, 0.25) is 0 Å². The first-order valence-electron chi connectivity index (χ1n) is 5.47. The van der Waals surface area contributed by atoms with Gasteiger partial charge >= 0.3 is 11.9 Å². The van der Waals surface area contributed by atoms with E-state index in [1.54, 1.807) is 0 Å². The van der Waals surface area contributed by atoms with Gasteiger partial charge in [-0.05, 0) is 19.8 Å². The van der Waals surface area contributed by atoms with Gasteiger partial charge in [-0.25, -0.2) is 4.79 Å². The molecule has 1 atom stereocenters. The number of rotatable bonds is 7. The lowest BCUT2D eigenvalue weighted by Gasteiger charge is -2.12. The molecule has 88 valence electrons. The monoisotopic (exact) mass is 216 g/mol. The van der Waals surface area contributed by atoms with Gasteiger partial charge in [0.05, 0.1) is 6.61 Å². The van der Waals surface area contributed by atoms with Crippen molar-refractivity contribution in [1.29, 1.82) is 0 Å². The molecule has 0 radical (unpaired) electrons. The molecule has 0 unspecified atom stereocenters. The van der Waals surface area contributed by atoms with E-state index in [1.807, 2.05) is 13.8 Å². The van der Waals surface area contributed by atoms with E-state index in [4.69, 9.17) is 9.47 Å². The van der Waals surface area contributed by atoms with Crippen molar-refractivity contribution in [2.24, 2.45) is 0 Å². The third-order valence-corrected chi connectivity index (χ3v) is 1.84. The summed E-state index contributed by atoms with van der Waals surface area (Å²) in [5.74, 6) is -0.814. The van der Waals surface area contributed by atoms with Crippen LogP contribution < -0.4 is 0 Å². The first-order valence-corrected chi connectivity index (χ1v) is 5.47. The van der Waals surface area contributed by atoms with E-state index in [-0.39, 0.29) is 5.97 Å². The fraction of sp³-hybridized carbons (Fsp3) is 0.818. The Kier molecular flexibility index (Phi) is 7.68. The summed E-state index contributed by atoms with van der Waals surface area (Å²) in [6.45, 7) is 5.82. The summed E-state index contributed by atoms with van der Waals surface area (Å²) >= 11 is 0. The van der Waals surface area contributed by atoms with E-state index in [2.05, 4.69) is 0 Å². The Hall–Kier alpha value is -1.06. The summed E-state index contributed by atoms with van der Waals surface area (Å²) in [7, 11) is 0. The minimum Gasteiger partial charge on any atom is -0.463 e. The zero-order valence-electron chi connectivity index (χ0n) is 9.75. The summed E-state index contributed by atoms with van der Waals surface area (Å²) in [6, 6.07) is 0. The Balaban J connectivity index is 3.73. The van der Waals surface area contributed by atoms with Crippen LogP contribution in [0, 0.1) is 0 Å². The molecule has 0 bridgehead atoms. The zero-order chi connectivity index (χ0) is 11.7. The molecule has 0 fully saturated rings. The average Bonchev–Trinajstić information content (AvgIpc) is 2.18. The Bertz CT molecular complexity index is 201. The van der Waals surface area contributed by atoms with Crippen molar-refractivity contribution in [3.8, 4) is 0 Å². The molecular formula is C11H20O4. The maximum absolute atomic E-state index is 11.3. The van der Waals surface area contributed by atoms with Gasteiger partial charge in [0.25, 0.3) is 0 Å². The van der Waals surface area contributed by atoms with Gasteiger partial charge < -0.3 is 9.47 Å². The van der Waals surface area contributed by atoms with Crippen molar-refractivity contribution in [1.82, 2.24) is 0 Å². The van der Waals surface area contributed by atoms with Crippen molar-refractivity contribution in [2.45, 2.75) is 52.6 Å². The summed E-state index contributed by atoms with van der Waals surface area (Å²) in [5.41, 5.74) is 0. The smallest absolute Gasteiger partial charge is 0.347 e. The zero-order valence-corrected chi connectivity index (χ0v) is 9.75. The normalized spacial score (nSPS) is 11.9. The highest BCUT2D eigenvalue weighted by Crippen LogP contribution is 2.00. The second-order valence-corrected chi connectivity index (χ2v) is 3.40. The molecule has 0 aromatic rings. The SMILES string of the molecule is CCCCOC(=O)[C@@H](C)OC(=O)CCC. The van der Waals surface area contributed by atoms with Crippen molar-refractivity contribution in [3.05, 3.63) is 0 Å². The first-order chi connectivity index (χ1) is 7.11. The third kappa shape index (κ3) is 6.94. The second-order valence-electron chi connectivity index (χ2n) is 3.40. The number of hydrogen-bond acceptors (Lipinski definition) is 4. The highest BCUT2D eigenvalue weighted by atomic mass is 16.6. The molecule has 0 saturated heterocycles. The number of carbonyl (C=O) groups excluding carboxylic acids is 2. The highest BCUT2D eigenvalue weighted by molar-refractivity contribution is 5.78. The quantitative estimate of drug-likeness (QED) is 0.483. The molecule has 4 nitrogen and oxygen atoms in total. The Labute approximate surface area is 90.9 Å². The molecule has 4 heteroatoms. The molecule has 0 aliphatic rings.